The molecule has 124 valence electrons. The van der Waals surface area contributed by atoms with Gasteiger partial charge in [0.2, 0.25) is 11.7 Å². The number of ketones is 1. The first kappa shape index (κ1) is 16.3. The Morgan fingerprint density at radius 3 is 2.68 bits per heavy atom. The zero-order chi connectivity index (χ0) is 17.8. The van der Waals surface area contributed by atoms with Crippen molar-refractivity contribution in [3.8, 4) is 11.3 Å². The van der Waals surface area contributed by atoms with E-state index in [4.69, 9.17) is 5.73 Å². The average Bonchev–Trinajstić information content (AvgIpc) is 2.62. The Bertz CT molecular complexity index is 941. The van der Waals surface area contributed by atoms with Gasteiger partial charge in [-0.3, -0.25) is 14.6 Å². The number of nitrogens with one attached hydrogen (secondary N) is 1. The monoisotopic (exact) mass is 333 g/mol. The summed E-state index contributed by atoms with van der Waals surface area (Å²) in [4.78, 5) is 36.2. The maximum absolute atomic E-state index is 12.6. The highest BCUT2D eigenvalue weighted by Gasteiger charge is 2.17. The summed E-state index contributed by atoms with van der Waals surface area (Å²) in [5.41, 5.74) is 8.09. The van der Waals surface area contributed by atoms with Gasteiger partial charge in [-0.15, -0.1) is 0 Å². The molecule has 2 heterocycles. The fourth-order valence-electron chi connectivity index (χ4n) is 2.30. The summed E-state index contributed by atoms with van der Waals surface area (Å²) >= 11 is 0. The molecule has 0 fully saturated rings. The maximum atomic E-state index is 12.6. The number of rotatable bonds is 4. The van der Waals surface area contributed by atoms with Crippen LogP contribution in [0.1, 0.15) is 23.0 Å². The van der Waals surface area contributed by atoms with Gasteiger partial charge in [-0.05, 0) is 24.3 Å². The Morgan fingerprint density at radius 1 is 1.12 bits per heavy atom. The summed E-state index contributed by atoms with van der Waals surface area (Å²) in [6.45, 7) is 1.43. The predicted octanol–water partition coefficient (Wildman–Crippen LogP) is 2.31. The van der Waals surface area contributed by atoms with Gasteiger partial charge in [0.25, 0.3) is 0 Å². The summed E-state index contributed by atoms with van der Waals surface area (Å²) < 4.78 is 0. The second kappa shape index (κ2) is 6.88. The van der Waals surface area contributed by atoms with Crippen molar-refractivity contribution in [2.75, 3.05) is 11.1 Å². The molecule has 0 bridgehead atoms. The van der Waals surface area contributed by atoms with Crippen LogP contribution in [0.3, 0.4) is 0 Å². The number of amides is 1. The summed E-state index contributed by atoms with van der Waals surface area (Å²) in [7, 11) is 0. The van der Waals surface area contributed by atoms with Gasteiger partial charge < -0.3 is 11.1 Å². The van der Waals surface area contributed by atoms with Crippen molar-refractivity contribution >= 4 is 23.2 Å². The van der Waals surface area contributed by atoms with Crippen LogP contribution < -0.4 is 11.1 Å². The summed E-state index contributed by atoms with van der Waals surface area (Å²) in [6.07, 6.45) is 4.52. The zero-order valence-electron chi connectivity index (χ0n) is 13.4. The molecule has 3 aromatic rings. The van der Waals surface area contributed by atoms with Crippen molar-refractivity contribution in [1.29, 1.82) is 0 Å². The molecular weight excluding hydrogens is 318 g/mol. The largest absolute Gasteiger partial charge is 0.382 e. The second-order valence-electron chi connectivity index (χ2n) is 5.32. The van der Waals surface area contributed by atoms with Crippen molar-refractivity contribution in [3.05, 3.63) is 66.2 Å². The molecule has 7 heteroatoms. The van der Waals surface area contributed by atoms with E-state index in [0.29, 0.717) is 22.5 Å². The number of nitrogens with two attached hydrogens (primary N) is 1. The van der Waals surface area contributed by atoms with Gasteiger partial charge in [0, 0.05) is 36.1 Å². The third-order valence-corrected chi connectivity index (χ3v) is 3.42. The van der Waals surface area contributed by atoms with Crippen molar-refractivity contribution in [1.82, 2.24) is 15.0 Å². The second-order valence-corrected chi connectivity index (χ2v) is 5.32. The Morgan fingerprint density at radius 2 is 1.96 bits per heavy atom. The van der Waals surface area contributed by atoms with E-state index in [-0.39, 0.29) is 23.2 Å². The number of nitrogens with zero attached hydrogens (tertiary/aromatic N) is 3. The van der Waals surface area contributed by atoms with Crippen molar-refractivity contribution in [3.63, 3.8) is 0 Å². The molecular formula is C18H15N5O2. The van der Waals surface area contributed by atoms with E-state index in [1.807, 2.05) is 6.07 Å². The number of hydrogen-bond acceptors (Lipinski definition) is 6. The van der Waals surface area contributed by atoms with Crippen LogP contribution in [-0.2, 0) is 4.79 Å². The first-order chi connectivity index (χ1) is 12.0. The molecule has 3 rings (SSSR count). The molecule has 0 radical (unpaired) electrons. The molecule has 1 aromatic carbocycles. The van der Waals surface area contributed by atoms with Gasteiger partial charge in [0.05, 0.1) is 11.9 Å². The summed E-state index contributed by atoms with van der Waals surface area (Å²) in [5.74, 6) is -0.471. The van der Waals surface area contributed by atoms with Crippen LogP contribution in [0.25, 0.3) is 11.3 Å². The van der Waals surface area contributed by atoms with Crippen LogP contribution in [0.15, 0.2) is 55.0 Å². The van der Waals surface area contributed by atoms with E-state index in [1.165, 1.54) is 19.3 Å². The molecule has 1 amide bonds. The topological polar surface area (TPSA) is 111 Å². The highest BCUT2D eigenvalue weighted by Crippen LogP contribution is 2.23. The van der Waals surface area contributed by atoms with Crippen LogP contribution >= 0.6 is 0 Å². The quantitative estimate of drug-likeness (QED) is 0.709. The highest BCUT2D eigenvalue weighted by molar-refractivity contribution is 6.10. The number of pyridine rings is 1. The SMILES string of the molecule is CC(=O)Nc1cccc(-c2cnc(N)c(C(=O)c3cccnc3)n2)c1. The van der Waals surface area contributed by atoms with Crippen LogP contribution in [-0.4, -0.2) is 26.6 Å². The Labute approximate surface area is 144 Å². The van der Waals surface area contributed by atoms with Crippen molar-refractivity contribution < 1.29 is 9.59 Å². The van der Waals surface area contributed by atoms with Crippen LogP contribution in [0.4, 0.5) is 11.5 Å². The minimum atomic E-state index is -0.349. The zero-order valence-corrected chi connectivity index (χ0v) is 13.4. The standard InChI is InChI=1S/C18H15N5O2/c1-11(24)22-14-6-2-4-12(8-14)15-10-21-18(19)16(23-15)17(25)13-5-3-7-20-9-13/h2-10H,1H3,(H2,19,21)(H,22,24). The van der Waals surface area contributed by atoms with Crippen LogP contribution in [0, 0.1) is 0 Å². The van der Waals surface area contributed by atoms with Crippen LogP contribution in [0.2, 0.25) is 0 Å². The molecule has 0 saturated heterocycles. The summed E-state index contributed by atoms with van der Waals surface area (Å²) in [6, 6.07) is 10.4. The third-order valence-electron chi connectivity index (χ3n) is 3.42. The lowest BCUT2D eigenvalue weighted by Crippen LogP contribution is -2.11. The minimum absolute atomic E-state index is 0.0515. The Kier molecular flexibility index (Phi) is 4.47. The first-order valence-electron chi connectivity index (χ1n) is 7.50. The lowest BCUT2D eigenvalue weighted by atomic mass is 10.1. The number of aromatic nitrogens is 3. The number of anilines is 2. The number of carbonyl (C=O) groups is 2. The normalized spacial score (nSPS) is 10.3. The Hall–Kier alpha value is -3.61. The van der Waals surface area contributed by atoms with Crippen molar-refractivity contribution in [2.24, 2.45) is 0 Å². The number of nitrogen functional groups attached to an aromatic ring is 1. The van der Waals surface area contributed by atoms with Gasteiger partial charge in [0.1, 0.15) is 0 Å². The molecule has 0 unspecified atom stereocenters. The first-order valence-corrected chi connectivity index (χ1v) is 7.50. The molecule has 0 spiro atoms. The van der Waals surface area contributed by atoms with E-state index in [9.17, 15) is 9.59 Å². The molecule has 0 atom stereocenters. The highest BCUT2D eigenvalue weighted by atomic mass is 16.1. The lowest BCUT2D eigenvalue weighted by molar-refractivity contribution is -0.114. The van der Waals surface area contributed by atoms with Gasteiger partial charge in [-0.1, -0.05) is 12.1 Å². The van der Waals surface area contributed by atoms with Crippen molar-refractivity contribution in [2.45, 2.75) is 6.92 Å². The van der Waals surface area contributed by atoms with E-state index >= 15 is 0 Å². The molecule has 0 aliphatic carbocycles. The maximum Gasteiger partial charge on any atom is 0.221 e. The summed E-state index contributed by atoms with van der Waals surface area (Å²) in [5, 5.41) is 2.70. The fourth-order valence-corrected chi connectivity index (χ4v) is 2.30. The van der Waals surface area contributed by atoms with E-state index < -0.39 is 0 Å². The fraction of sp³-hybridized carbons (Fsp3) is 0.0556. The van der Waals surface area contributed by atoms with Gasteiger partial charge in [0.15, 0.2) is 11.5 Å². The van der Waals surface area contributed by atoms with Gasteiger partial charge >= 0.3 is 0 Å². The van der Waals surface area contributed by atoms with E-state index in [0.717, 1.165) is 0 Å². The Balaban J connectivity index is 2.00. The predicted molar refractivity (Wildman–Crippen MR) is 93.9 cm³/mol. The lowest BCUT2D eigenvalue weighted by Gasteiger charge is -2.08. The molecule has 0 aliphatic heterocycles. The minimum Gasteiger partial charge on any atom is -0.382 e. The number of hydrogen-bond donors (Lipinski definition) is 2. The molecule has 0 saturated carbocycles. The molecule has 2 aromatic heterocycles. The number of benzene rings is 1. The van der Waals surface area contributed by atoms with Crippen LogP contribution in [0.5, 0.6) is 0 Å². The van der Waals surface area contributed by atoms with E-state index in [2.05, 4.69) is 20.3 Å². The third kappa shape index (κ3) is 3.66. The molecule has 7 nitrogen and oxygen atoms in total. The number of carbonyl (C=O) groups excluding carboxylic acids is 2. The van der Waals surface area contributed by atoms with Gasteiger partial charge in [-0.2, -0.15) is 0 Å². The van der Waals surface area contributed by atoms with E-state index in [1.54, 1.807) is 36.5 Å². The molecule has 3 N–H and O–H groups in total. The molecule has 0 aliphatic rings. The average molecular weight is 333 g/mol. The molecule has 25 heavy (non-hydrogen) atoms. The smallest absolute Gasteiger partial charge is 0.221 e. The van der Waals surface area contributed by atoms with Gasteiger partial charge in [-0.25, -0.2) is 9.97 Å².